The van der Waals surface area contributed by atoms with Crippen molar-refractivity contribution in [3.05, 3.63) is 29.8 Å². The molecule has 1 fully saturated rings. The van der Waals surface area contributed by atoms with Crippen LogP contribution in [0.15, 0.2) is 24.3 Å². The van der Waals surface area contributed by atoms with Crippen LogP contribution in [0.5, 0.6) is 0 Å². The van der Waals surface area contributed by atoms with Crippen LogP contribution >= 0.6 is 12.4 Å². The van der Waals surface area contributed by atoms with Gasteiger partial charge in [0.1, 0.15) is 0 Å². The van der Waals surface area contributed by atoms with Gasteiger partial charge in [-0.25, -0.2) is 8.78 Å². The van der Waals surface area contributed by atoms with Gasteiger partial charge in [-0.1, -0.05) is 19.1 Å². The highest BCUT2D eigenvalue weighted by Gasteiger charge is 2.42. The average molecular weight is 362 g/mol. The first-order chi connectivity index (χ1) is 10.9. The van der Waals surface area contributed by atoms with Crippen LogP contribution in [0.4, 0.5) is 14.5 Å². The molecule has 1 aliphatic heterocycles. The SMILES string of the molecule is CCCC(=O)Nc1ccc(CNC(=O)C2CC(F)(F)CN2)cc1.Cl. The zero-order valence-electron chi connectivity index (χ0n) is 13.4. The highest BCUT2D eigenvalue weighted by Crippen LogP contribution is 2.25. The van der Waals surface area contributed by atoms with E-state index in [-0.39, 0.29) is 24.9 Å². The predicted octanol–water partition coefficient (Wildman–Crippen LogP) is 2.46. The molecule has 2 amide bonds. The molecule has 8 heteroatoms. The Kier molecular flexibility index (Phi) is 7.57. The Labute approximate surface area is 146 Å². The van der Waals surface area contributed by atoms with Gasteiger partial charge in [0.2, 0.25) is 11.8 Å². The van der Waals surface area contributed by atoms with Crippen LogP contribution in [0.2, 0.25) is 0 Å². The van der Waals surface area contributed by atoms with Crippen molar-refractivity contribution in [1.82, 2.24) is 10.6 Å². The summed E-state index contributed by atoms with van der Waals surface area (Å²) in [6.45, 7) is 1.73. The van der Waals surface area contributed by atoms with Gasteiger partial charge in [0.15, 0.2) is 0 Å². The zero-order valence-corrected chi connectivity index (χ0v) is 14.2. The Morgan fingerprint density at radius 3 is 2.50 bits per heavy atom. The summed E-state index contributed by atoms with van der Waals surface area (Å²) in [5.74, 6) is -3.29. The van der Waals surface area contributed by atoms with Gasteiger partial charge in [0.25, 0.3) is 5.92 Å². The number of rotatable bonds is 6. The number of nitrogens with one attached hydrogen (secondary N) is 3. The lowest BCUT2D eigenvalue weighted by atomic mass is 10.1. The fourth-order valence-corrected chi connectivity index (χ4v) is 2.37. The molecule has 1 unspecified atom stereocenters. The molecule has 3 N–H and O–H groups in total. The summed E-state index contributed by atoms with van der Waals surface area (Å²) >= 11 is 0. The van der Waals surface area contributed by atoms with Crippen LogP contribution in [0.25, 0.3) is 0 Å². The molecule has 0 aliphatic carbocycles. The minimum Gasteiger partial charge on any atom is -0.351 e. The van der Waals surface area contributed by atoms with Crippen molar-refractivity contribution in [2.75, 3.05) is 11.9 Å². The third-order valence-electron chi connectivity index (χ3n) is 3.61. The molecule has 1 aliphatic rings. The lowest BCUT2D eigenvalue weighted by molar-refractivity contribution is -0.123. The van der Waals surface area contributed by atoms with Crippen molar-refractivity contribution in [1.29, 1.82) is 0 Å². The number of benzene rings is 1. The molecular weight excluding hydrogens is 340 g/mol. The maximum atomic E-state index is 13.0. The van der Waals surface area contributed by atoms with Gasteiger partial charge in [-0.05, 0) is 24.1 Å². The number of halogens is 3. The Hall–Kier alpha value is -1.73. The molecule has 0 saturated carbocycles. The fourth-order valence-electron chi connectivity index (χ4n) is 2.37. The summed E-state index contributed by atoms with van der Waals surface area (Å²) in [6, 6.07) is 6.20. The maximum Gasteiger partial charge on any atom is 0.262 e. The van der Waals surface area contributed by atoms with E-state index < -0.39 is 30.8 Å². The third kappa shape index (κ3) is 6.05. The average Bonchev–Trinajstić information content (AvgIpc) is 2.87. The topological polar surface area (TPSA) is 70.2 Å². The molecule has 2 rings (SSSR count). The van der Waals surface area contributed by atoms with Crippen molar-refractivity contribution in [3.63, 3.8) is 0 Å². The standard InChI is InChI=1S/C16H21F2N3O2.ClH/c1-2-3-14(22)21-12-6-4-11(5-7-12)9-19-15(23)13-8-16(17,18)10-20-13;/h4-7,13,20H,2-3,8-10H2,1H3,(H,19,23)(H,21,22);1H. The van der Waals surface area contributed by atoms with Crippen LogP contribution < -0.4 is 16.0 Å². The summed E-state index contributed by atoms with van der Waals surface area (Å²) in [4.78, 5) is 23.3. The second-order valence-corrected chi connectivity index (χ2v) is 5.71. The summed E-state index contributed by atoms with van der Waals surface area (Å²) in [6.07, 6.45) is 0.780. The number of carbonyl (C=O) groups excluding carboxylic acids is 2. The highest BCUT2D eigenvalue weighted by molar-refractivity contribution is 5.90. The van der Waals surface area contributed by atoms with Gasteiger partial charge >= 0.3 is 0 Å². The molecule has 1 saturated heterocycles. The number of carbonyl (C=O) groups is 2. The molecule has 24 heavy (non-hydrogen) atoms. The quantitative estimate of drug-likeness (QED) is 0.729. The number of amides is 2. The molecule has 1 atom stereocenters. The summed E-state index contributed by atoms with van der Waals surface area (Å²) in [5.41, 5.74) is 1.52. The van der Waals surface area contributed by atoms with E-state index in [1.807, 2.05) is 6.92 Å². The summed E-state index contributed by atoms with van der Waals surface area (Å²) in [5, 5.41) is 7.92. The minimum atomic E-state index is -2.82. The minimum absolute atomic E-state index is 0. The highest BCUT2D eigenvalue weighted by atomic mass is 35.5. The van der Waals surface area contributed by atoms with Crippen molar-refractivity contribution in [3.8, 4) is 0 Å². The molecule has 1 heterocycles. The Morgan fingerprint density at radius 1 is 1.29 bits per heavy atom. The van der Waals surface area contributed by atoms with Crippen LogP contribution in [0, 0.1) is 0 Å². The second kappa shape index (κ2) is 8.94. The lowest BCUT2D eigenvalue weighted by Gasteiger charge is -2.11. The van der Waals surface area contributed by atoms with Gasteiger partial charge in [-0.2, -0.15) is 0 Å². The lowest BCUT2D eigenvalue weighted by Crippen LogP contribution is -2.40. The Bertz CT molecular complexity index is 567. The third-order valence-corrected chi connectivity index (χ3v) is 3.61. The van der Waals surface area contributed by atoms with Gasteiger partial charge < -0.3 is 10.6 Å². The predicted molar refractivity (Wildman–Crippen MR) is 90.4 cm³/mol. The van der Waals surface area contributed by atoms with Crippen molar-refractivity contribution in [2.24, 2.45) is 0 Å². The van der Waals surface area contributed by atoms with Crippen LogP contribution in [0.1, 0.15) is 31.7 Å². The van der Waals surface area contributed by atoms with Crippen LogP contribution in [0.3, 0.4) is 0 Å². The monoisotopic (exact) mass is 361 g/mol. The van der Waals surface area contributed by atoms with Crippen LogP contribution in [-0.4, -0.2) is 30.3 Å². The molecule has 5 nitrogen and oxygen atoms in total. The molecule has 1 aromatic carbocycles. The van der Waals surface area contributed by atoms with E-state index in [2.05, 4.69) is 16.0 Å². The maximum absolute atomic E-state index is 13.0. The van der Waals surface area contributed by atoms with E-state index in [1.165, 1.54) is 0 Å². The smallest absolute Gasteiger partial charge is 0.262 e. The van der Waals surface area contributed by atoms with Gasteiger partial charge in [0, 0.05) is 25.1 Å². The van der Waals surface area contributed by atoms with E-state index in [0.717, 1.165) is 12.0 Å². The molecule has 0 spiro atoms. The number of anilines is 1. The second-order valence-electron chi connectivity index (χ2n) is 5.71. The number of alkyl halides is 2. The molecule has 0 aromatic heterocycles. The summed E-state index contributed by atoms with van der Waals surface area (Å²) < 4.78 is 26.1. The largest absolute Gasteiger partial charge is 0.351 e. The first-order valence-corrected chi connectivity index (χ1v) is 7.67. The first-order valence-electron chi connectivity index (χ1n) is 7.67. The number of hydrogen-bond acceptors (Lipinski definition) is 3. The van der Waals surface area contributed by atoms with E-state index in [1.54, 1.807) is 24.3 Å². The Balaban J connectivity index is 0.00000288. The number of hydrogen-bond donors (Lipinski definition) is 3. The van der Waals surface area contributed by atoms with Gasteiger partial charge in [-0.15, -0.1) is 12.4 Å². The molecule has 0 bridgehead atoms. The molecule has 0 radical (unpaired) electrons. The van der Waals surface area contributed by atoms with Crippen molar-refractivity contribution < 1.29 is 18.4 Å². The van der Waals surface area contributed by atoms with E-state index in [0.29, 0.717) is 12.1 Å². The normalized spacial score (nSPS) is 18.5. The van der Waals surface area contributed by atoms with Crippen molar-refractivity contribution in [2.45, 2.75) is 44.7 Å². The van der Waals surface area contributed by atoms with Crippen LogP contribution in [-0.2, 0) is 16.1 Å². The first kappa shape index (κ1) is 20.3. The van der Waals surface area contributed by atoms with E-state index in [4.69, 9.17) is 0 Å². The van der Waals surface area contributed by atoms with Gasteiger partial charge in [0.05, 0.1) is 12.6 Å². The molecule has 1 aromatic rings. The van der Waals surface area contributed by atoms with E-state index in [9.17, 15) is 18.4 Å². The zero-order chi connectivity index (χ0) is 16.9. The fraction of sp³-hybridized carbons (Fsp3) is 0.500. The molecule has 134 valence electrons. The Morgan fingerprint density at radius 2 is 1.96 bits per heavy atom. The molecular formula is C16H22ClF2N3O2. The van der Waals surface area contributed by atoms with E-state index >= 15 is 0 Å². The van der Waals surface area contributed by atoms with Gasteiger partial charge in [-0.3, -0.25) is 14.9 Å². The van der Waals surface area contributed by atoms with Crippen molar-refractivity contribution >= 4 is 29.9 Å². The summed E-state index contributed by atoms with van der Waals surface area (Å²) in [7, 11) is 0.